The molecule has 140 valence electrons. The van der Waals surface area contributed by atoms with Gasteiger partial charge >= 0.3 is 0 Å². The predicted molar refractivity (Wildman–Crippen MR) is 113 cm³/mol. The topological polar surface area (TPSA) is 21.3 Å². The van der Waals surface area contributed by atoms with E-state index in [1.165, 1.54) is 6.07 Å². The largest absolute Gasteiger partial charge is 0.486 e. The summed E-state index contributed by atoms with van der Waals surface area (Å²) >= 11 is 16.1. The first kappa shape index (κ1) is 20.0. The number of hydrogen-bond acceptors (Lipinski definition) is 2. The second kappa shape index (κ2) is 8.96. The van der Waals surface area contributed by atoms with E-state index in [1.807, 2.05) is 25.1 Å². The molecule has 0 aromatic heterocycles. The Morgan fingerprint density at radius 2 is 1.74 bits per heavy atom. The number of rotatable bonds is 6. The van der Waals surface area contributed by atoms with E-state index >= 15 is 0 Å². The Kier molecular flexibility index (Phi) is 6.64. The summed E-state index contributed by atoms with van der Waals surface area (Å²) in [5.74, 6) is 0.0283. The molecule has 0 atom stereocenters. The minimum atomic E-state index is -0.324. The number of aryl methyl sites for hydroxylation is 1. The van der Waals surface area contributed by atoms with Gasteiger partial charge in [0.1, 0.15) is 12.4 Å². The van der Waals surface area contributed by atoms with Crippen LogP contribution in [-0.4, -0.2) is 0 Å². The molecule has 0 aliphatic rings. The first-order valence-corrected chi connectivity index (χ1v) is 9.83. The highest BCUT2D eigenvalue weighted by Gasteiger charge is 2.12. The average Bonchev–Trinajstić information content (AvgIpc) is 2.61. The van der Waals surface area contributed by atoms with Gasteiger partial charge in [-0.1, -0.05) is 57.3 Å². The van der Waals surface area contributed by atoms with E-state index in [9.17, 15) is 4.39 Å². The SMILES string of the molecule is Cc1cc(Br)ccc1NCc1cc(Cl)c(OCc2ccccc2F)c(Cl)c1. The number of anilines is 1. The second-order valence-corrected chi connectivity index (χ2v) is 7.81. The highest BCUT2D eigenvalue weighted by Crippen LogP contribution is 2.35. The van der Waals surface area contributed by atoms with Gasteiger partial charge in [-0.25, -0.2) is 4.39 Å². The van der Waals surface area contributed by atoms with E-state index in [1.54, 1.807) is 30.3 Å². The Morgan fingerprint density at radius 1 is 1.04 bits per heavy atom. The lowest BCUT2D eigenvalue weighted by Crippen LogP contribution is -2.03. The van der Waals surface area contributed by atoms with Crippen LogP contribution in [0.2, 0.25) is 10.0 Å². The van der Waals surface area contributed by atoms with Crippen LogP contribution in [0.4, 0.5) is 10.1 Å². The number of benzene rings is 3. The van der Waals surface area contributed by atoms with E-state index < -0.39 is 0 Å². The van der Waals surface area contributed by atoms with Crippen molar-refractivity contribution >= 4 is 44.8 Å². The highest BCUT2D eigenvalue weighted by molar-refractivity contribution is 9.10. The van der Waals surface area contributed by atoms with Crippen molar-refractivity contribution in [1.29, 1.82) is 0 Å². The lowest BCUT2D eigenvalue weighted by Gasteiger charge is -2.14. The molecule has 0 spiro atoms. The lowest BCUT2D eigenvalue weighted by molar-refractivity contribution is 0.300. The molecule has 0 radical (unpaired) electrons. The molecule has 3 aromatic carbocycles. The summed E-state index contributed by atoms with van der Waals surface area (Å²) in [7, 11) is 0. The summed E-state index contributed by atoms with van der Waals surface area (Å²) in [6.45, 7) is 2.66. The molecule has 0 aliphatic carbocycles. The summed E-state index contributed by atoms with van der Waals surface area (Å²) in [4.78, 5) is 0. The maximum atomic E-state index is 13.7. The van der Waals surface area contributed by atoms with E-state index in [-0.39, 0.29) is 12.4 Å². The minimum absolute atomic E-state index is 0.0573. The fourth-order valence-electron chi connectivity index (χ4n) is 2.64. The molecule has 0 saturated heterocycles. The van der Waals surface area contributed by atoms with Crippen molar-refractivity contribution in [1.82, 2.24) is 0 Å². The van der Waals surface area contributed by atoms with E-state index in [2.05, 4.69) is 21.2 Å². The summed E-state index contributed by atoms with van der Waals surface area (Å²) in [5, 5.41) is 4.15. The third-order valence-electron chi connectivity index (χ3n) is 4.06. The Bertz CT molecular complexity index is 942. The molecule has 0 unspecified atom stereocenters. The minimum Gasteiger partial charge on any atom is -0.486 e. The number of halogens is 4. The van der Waals surface area contributed by atoms with Gasteiger partial charge in [0.25, 0.3) is 0 Å². The van der Waals surface area contributed by atoms with E-state index in [4.69, 9.17) is 27.9 Å². The maximum absolute atomic E-state index is 13.7. The highest BCUT2D eigenvalue weighted by atomic mass is 79.9. The average molecular weight is 469 g/mol. The second-order valence-electron chi connectivity index (χ2n) is 6.08. The first-order chi connectivity index (χ1) is 12.9. The normalized spacial score (nSPS) is 10.7. The fourth-order valence-corrected chi connectivity index (χ4v) is 3.76. The molecule has 0 saturated carbocycles. The molecule has 6 heteroatoms. The van der Waals surface area contributed by atoms with Crippen LogP contribution in [0.15, 0.2) is 59.1 Å². The Labute approximate surface area is 176 Å². The van der Waals surface area contributed by atoms with Crippen LogP contribution in [0, 0.1) is 12.7 Å². The molecule has 1 N–H and O–H groups in total. The van der Waals surface area contributed by atoms with Gasteiger partial charge in [0.2, 0.25) is 0 Å². The van der Waals surface area contributed by atoms with E-state index in [0.29, 0.717) is 27.9 Å². The zero-order valence-electron chi connectivity index (χ0n) is 14.5. The van der Waals surface area contributed by atoms with Crippen molar-refractivity contribution in [2.75, 3.05) is 5.32 Å². The van der Waals surface area contributed by atoms with Crippen molar-refractivity contribution in [3.63, 3.8) is 0 Å². The summed E-state index contributed by atoms with van der Waals surface area (Å²) in [5.41, 5.74) is 3.53. The van der Waals surface area contributed by atoms with Crippen molar-refractivity contribution in [3.05, 3.63) is 91.6 Å². The third kappa shape index (κ3) is 5.16. The molecular formula is C21H17BrCl2FNO. The van der Waals surface area contributed by atoms with Gasteiger partial charge in [-0.2, -0.15) is 0 Å². The van der Waals surface area contributed by atoms with Crippen molar-refractivity contribution in [3.8, 4) is 5.75 Å². The molecule has 0 heterocycles. The summed E-state index contributed by atoms with van der Waals surface area (Å²) in [6, 6.07) is 16.1. The van der Waals surface area contributed by atoms with Crippen molar-refractivity contribution in [2.24, 2.45) is 0 Å². The molecule has 0 aliphatic heterocycles. The molecule has 2 nitrogen and oxygen atoms in total. The zero-order valence-corrected chi connectivity index (χ0v) is 17.6. The Balaban J connectivity index is 1.70. The van der Waals surface area contributed by atoms with Crippen LogP contribution >= 0.6 is 39.1 Å². The monoisotopic (exact) mass is 467 g/mol. The molecule has 0 bridgehead atoms. The van der Waals surface area contributed by atoms with Crippen LogP contribution in [0.3, 0.4) is 0 Å². The van der Waals surface area contributed by atoms with E-state index in [0.717, 1.165) is 21.3 Å². The van der Waals surface area contributed by atoms with Gasteiger partial charge in [-0.3, -0.25) is 0 Å². The molecule has 27 heavy (non-hydrogen) atoms. The van der Waals surface area contributed by atoms with Crippen molar-refractivity contribution in [2.45, 2.75) is 20.1 Å². The predicted octanol–water partition coefficient (Wildman–Crippen LogP) is 7.39. The van der Waals surface area contributed by atoms with Crippen LogP contribution in [0.25, 0.3) is 0 Å². The van der Waals surface area contributed by atoms with Gasteiger partial charge < -0.3 is 10.1 Å². The third-order valence-corrected chi connectivity index (χ3v) is 5.11. The molecule has 0 amide bonds. The maximum Gasteiger partial charge on any atom is 0.156 e. The van der Waals surface area contributed by atoms with Crippen LogP contribution in [-0.2, 0) is 13.2 Å². The summed E-state index contributed by atoms with van der Waals surface area (Å²) < 4.78 is 20.4. The Morgan fingerprint density at radius 3 is 2.41 bits per heavy atom. The summed E-state index contributed by atoms with van der Waals surface area (Å²) in [6.07, 6.45) is 0. The van der Waals surface area contributed by atoms with Crippen molar-refractivity contribution < 1.29 is 9.13 Å². The first-order valence-electron chi connectivity index (χ1n) is 8.28. The van der Waals surface area contributed by atoms with Gasteiger partial charge in [-0.05, 0) is 54.4 Å². The smallest absolute Gasteiger partial charge is 0.156 e. The number of hydrogen-bond donors (Lipinski definition) is 1. The Hall–Kier alpha value is -1.75. The molecule has 0 fully saturated rings. The number of ether oxygens (including phenoxy) is 1. The number of nitrogens with one attached hydrogen (secondary N) is 1. The van der Waals surface area contributed by atoms with Gasteiger partial charge in [-0.15, -0.1) is 0 Å². The van der Waals surface area contributed by atoms with Crippen LogP contribution in [0.1, 0.15) is 16.7 Å². The van der Waals surface area contributed by atoms with Gasteiger partial charge in [0, 0.05) is 22.3 Å². The van der Waals surface area contributed by atoms with Gasteiger partial charge in [0.15, 0.2) is 5.75 Å². The zero-order chi connectivity index (χ0) is 19.4. The van der Waals surface area contributed by atoms with Crippen LogP contribution < -0.4 is 10.1 Å². The van der Waals surface area contributed by atoms with Crippen LogP contribution in [0.5, 0.6) is 5.75 Å². The standard InChI is InChI=1S/C21H17BrCl2FNO/c1-13-8-16(22)6-7-20(13)26-11-14-9-17(23)21(18(24)10-14)27-12-15-4-2-3-5-19(15)25/h2-10,26H,11-12H2,1H3. The van der Waals surface area contributed by atoms with Gasteiger partial charge in [0.05, 0.1) is 10.0 Å². The molecule has 3 aromatic rings. The quantitative estimate of drug-likeness (QED) is 0.407. The fraction of sp³-hybridized carbons (Fsp3) is 0.143. The molecule has 3 rings (SSSR count). The molecular weight excluding hydrogens is 452 g/mol. The lowest BCUT2D eigenvalue weighted by atomic mass is 10.1.